The maximum absolute atomic E-state index is 5.96. The molecule has 18 heavy (non-hydrogen) atoms. The Hall–Kier alpha value is 0.0169. The van der Waals surface area contributed by atoms with Gasteiger partial charge in [0.05, 0.1) is 18.8 Å². The lowest BCUT2D eigenvalue weighted by Gasteiger charge is -2.29. The summed E-state index contributed by atoms with van der Waals surface area (Å²) in [6.07, 6.45) is 2.14. The Morgan fingerprint density at radius 2 is 1.78 bits per heavy atom. The molecule has 1 saturated heterocycles. The average molecular weight is 278 g/mol. The minimum atomic E-state index is -2.97. The Labute approximate surface area is 111 Å². The van der Waals surface area contributed by atoms with Gasteiger partial charge in [0.25, 0.3) is 0 Å². The molecule has 1 aliphatic rings. The molecule has 0 radical (unpaired) electrons. The normalized spacial score (nSPS) is 21.0. The number of hydrogen-bond donors (Lipinski definition) is 0. The van der Waals surface area contributed by atoms with Crippen LogP contribution in [0.2, 0.25) is 0 Å². The standard InChI is InChI=1S/C12H26O5Si/c1-5-8-16-18(14-6-2,15-7-3)17-11(4)9-12-10-13-12/h11-12H,5-10H2,1-4H3. The van der Waals surface area contributed by atoms with E-state index in [0.717, 1.165) is 19.4 Å². The zero-order chi connectivity index (χ0) is 13.4. The van der Waals surface area contributed by atoms with Crippen LogP contribution in [-0.4, -0.2) is 47.7 Å². The molecule has 0 aromatic rings. The number of hydrogen-bond acceptors (Lipinski definition) is 5. The number of ether oxygens (including phenoxy) is 1. The largest absolute Gasteiger partial charge is 0.679 e. The second-order valence-corrected chi connectivity index (χ2v) is 6.44. The van der Waals surface area contributed by atoms with Crippen LogP contribution in [0.5, 0.6) is 0 Å². The zero-order valence-electron chi connectivity index (χ0n) is 11.9. The summed E-state index contributed by atoms with van der Waals surface area (Å²) < 4.78 is 28.3. The van der Waals surface area contributed by atoms with Crippen LogP contribution >= 0.6 is 0 Å². The predicted octanol–water partition coefficient (Wildman–Crippen LogP) is 2.12. The smallest absolute Gasteiger partial charge is 0.373 e. The molecule has 0 spiro atoms. The molecule has 1 fully saturated rings. The van der Waals surface area contributed by atoms with E-state index in [-0.39, 0.29) is 6.10 Å². The summed E-state index contributed by atoms with van der Waals surface area (Å²) in [6, 6.07) is 0. The maximum Gasteiger partial charge on any atom is 0.679 e. The van der Waals surface area contributed by atoms with Crippen LogP contribution in [0.15, 0.2) is 0 Å². The predicted molar refractivity (Wildman–Crippen MR) is 70.2 cm³/mol. The van der Waals surface area contributed by atoms with Gasteiger partial charge in [-0.15, -0.1) is 0 Å². The Kier molecular flexibility index (Phi) is 7.36. The molecule has 2 atom stereocenters. The first-order valence-corrected chi connectivity index (χ1v) is 8.50. The molecular formula is C12H26O5Si. The highest BCUT2D eigenvalue weighted by Crippen LogP contribution is 2.22. The zero-order valence-corrected chi connectivity index (χ0v) is 12.9. The van der Waals surface area contributed by atoms with Gasteiger partial charge < -0.3 is 22.4 Å². The molecule has 0 amide bonds. The van der Waals surface area contributed by atoms with Gasteiger partial charge in [-0.05, 0) is 27.2 Å². The molecular weight excluding hydrogens is 252 g/mol. The van der Waals surface area contributed by atoms with Crippen molar-refractivity contribution in [3.8, 4) is 0 Å². The Morgan fingerprint density at radius 3 is 2.22 bits per heavy atom. The molecule has 5 nitrogen and oxygen atoms in total. The fourth-order valence-corrected chi connectivity index (χ4v) is 3.88. The van der Waals surface area contributed by atoms with E-state index in [1.54, 1.807) is 0 Å². The highest BCUT2D eigenvalue weighted by molar-refractivity contribution is 6.53. The van der Waals surface area contributed by atoms with Crippen LogP contribution in [0.1, 0.15) is 40.5 Å². The first kappa shape index (κ1) is 16.1. The maximum atomic E-state index is 5.96. The Morgan fingerprint density at radius 1 is 1.17 bits per heavy atom. The molecule has 0 saturated carbocycles. The lowest BCUT2D eigenvalue weighted by atomic mass is 10.2. The van der Waals surface area contributed by atoms with E-state index in [0.29, 0.717) is 25.9 Å². The van der Waals surface area contributed by atoms with Crippen LogP contribution in [0.3, 0.4) is 0 Å². The van der Waals surface area contributed by atoms with Gasteiger partial charge in [-0.2, -0.15) is 0 Å². The highest BCUT2D eigenvalue weighted by atomic mass is 28.4. The molecule has 0 aromatic carbocycles. The molecule has 0 N–H and O–H groups in total. The number of rotatable bonds is 11. The summed E-state index contributed by atoms with van der Waals surface area (Å²) in [5, 5.41) is 0. The van der Waals surface area contributed by atoms with Gasteiger partial charge >= 0.3 is 9.05 Å². The Bertz CT molecular complexity index is 217. The Balaban J connectivity index is 2.52. The van der Waals surface area contributed by atoms with Crippen molar-refractivity contribution in [3.63, 3.8) is 0 Å². The summed E-state index contributed by atoms with van der Waals surface area (Å²) in [4.78, 5) is 0. The molecule has 108 valence electrons. The van der Waals surface area contributed by atoms with Gasteiger partial charge in [0.1, 0.15) is 0 Å². The van der Waals surface area contributed by atoms with Gasteiger partial charge in [-0.25, -0.2) is 0 Å². The van der Waals surface area contributed by atoms with Crippen LogP contribution in [-0.2, 0) is 22.4 Å². The monoisotopic (exact) mass is 278 g/mol. The SMILES string of the molecule is CCCO[Si](OCC)(OCC)OC(C)CC1CO1. The van der Waals surface area contributed by atoms with Crippen molar-refractivity contribution in [2.45, 2.75) is 52.7 Å². The molecule has 1 aliphatic heterocycles. The van der Waals surface area contributed by atoms with Crippen molar-refractivity contribution < 1.29 is 22.4 Å². The molecule has 0 aliphatic carbocycles. The highest BCUT2D eigenvalue weighted by Gasteiger charge is 2.47. The minimum Gasteiger partial charge on any atom is -0.373 e. The third-order valence-electron chi connectivity index (χ3n) is 2.47. The summed E-state index contributed by atoms with van der Waals surface area (Å²) in [6.45, 7) is 10.4. The molecule has 1 heterocycles. The van der Waals surface area contributed by atoms with E-state index in [1.165, 1.54) is 0 Å². The molecule has 6 heteroatoms. The van der Waals surface area contributed by atoms with Gasteiger partial charge in [-0.3, -0.25) is 0 Å². The van der Waals surface area contributed by atoms with Gasteiger partial charge in [0, 0.05) is 26.2 Å². The van der Waals surface area contributed by atoms with Crippen molar-refractivity contribution >= 4 is 9.05 Å². The van der Waals surface area contributed by atoms with E-state index >= 15 is 0 Å². The topological polar surface area (TPSA) is 49.5 Å². The summed E-state index contributed by atoms with van der Waals surface area (Å²) in [5.41, 5.74) is 0. The van der Waals surface area contributed by atoms with Crippen LogP contribution in [0, 0.1) is 0 Å². The van der Waals surface area contributed by atoms with Crippen molar-refractivity contribution in [3.05, 3.63) is 0 Å². The van der Waals surface area contributed by atoms with Crippen molar-refractivity contribution in [2.24, 2.45) is 0 Å². The second kappa shape index (κ2) is 8.24. The first-order valence-electron chi connectivity index (χ1n) is 6.87. The fourth-order valence-electron chi connectivity index (χ4n) is 1.68. The van der Waals surface area contributed by atoms with E-state index in [9.17, 15) is 0 Å². The van der Waals surface area contributed by atoms with Crippen LogP contribution in [0.4, 0.5) is 0 Å². The summed E-state index contributed by atoms with van der Waals surface area (Å²) in [5.74, 6) is 0. The first-order chi connectivity index (χ1) is 8.65. The minimum absolute atomic E-state index is 0.0270. The van der Waals surface area contributed by atoms with Crippen LogP contribution < -0.4 is 0 Å². The second-order valence-electron chi connectivity index (χ2n) is 4.33. The van der Waals surface area contributed by atoms with Gasteiger partial charge in [-0.1, -0.05) is 6.92 Å². The quantitative estimate of drug-likeness (QED) is 0.428. The molecule has 1 rings (SSSR count). The molecule has 2 unspecified atom stereocenters. The van der Waals surface area contributed by atoms with E-state index in [1.807, 2.05) is 20.8 Å². The summed E-state index contributed by atoms with van der Waals surface area (Å²) >= 11 is 0. The fraction of sp³-hybridized carbons (Fsp3) is 1.00. The van der Waals surface area contributed by atoms with E-state index in [4.69, 9.17) is 22.4 Å². The average Bonchev–Trinajstić information content (AvgIpc) is 3.11. The summed E-state index contributed by atoms with van der Waals surface area (Å²) in [7, 11) is -2.97. The van der Waals surface area contributed by atoms with E-state index in [2.05, 4.69) is 6.92 Å². The van der Waals surface area contributed by atoms with Crippen molar-refractivity contribution in [1.29, 1.82) is 0 Å². The third-order valence-corrected chi connectivity index (χ3v) is 5.00. The van der Waals surface area contributed by atoms with E-state index < -0.39 is 9.05 Å². The number of epoxide rings is 1. The third kappa shape index (κ3) is 5.77. The van der Waals surface area contributed by atoms with Crippen molar-refractivity contribution in [1.82, 2.24) is 0 Å². The molecule has 0 aromatic heterocycles. The lowest BCUT2D eigenvalue weighted by molar-refractivity contribution is -0.0508. The molecule has 0 bridgehead atoms. The van der Waals surface area contributed by atoms with Crippen molar-refractivity contribution in [2.75, 3.05) is 26.4 Å². The van der Waals surface area contributed by atoms with Crippen LogP contribution in [0.25, 0.3) is 0 Å². The van der Waals surface area contributed by atoms with Gasteiger partial charge in [0.2, 0.25) is 0 Å². The van der Waals surface area contributed by atoms with Gasteiger partial charge in [0.15, 0.2) is 0 Å². The lowest BCUT2D eigenvalue weighted by Crippen LogP contribution is -2.51.